The van der Waals surface area contributed by atoms with Gasteiger partial charge in [-0.1, -0.05) is 36.4 Å². The zero-order chi connectivity index (χ0) is 21.9. The van der Waals surface area contributed by atoms with Gasteiger partial charge in [0.15, 0.2) is 10.2 Å². The Morgan fingerprint density at radius 3 is 1.77 bits per heavy atom. The number of benzene rings is 2. The van der Waals surface area contributed by atoms with Crippen LogP contribution in [0.1, 0.15) is 25.0 Å². The van der Waals surface area contributed by atoms with Crippen molar-refractivity contribution in [1.29, 1.82) is 0 Å². The van der Waals surface area contributed by atoms with Crippen molar-refractivity contribution in [3.8, 4) is 5.75 Å². The van der Waals surface area contributed by atoms with Crippen LogP contribution in [-0.2, 0) is 0 Å². The summed E-state index contributed by atoms with van der Waals surface area (Å²) in [6, 6.07) is 14.8. The fourth-order valence-electron chi connectivity index (χ4n) is 2.10. The van der Waals surface area contributed by atoms with Crippen LogP contribution in [0.4, 0.5) is 5.69 Å². The fraction of sp³-hybridized carbons (Fsp3) is 0.143. The van der Waals surface area contributed by atoms with E-state index in [1.165, 1.54) is 0 Å². The maximum Gasteiger partial charge on any atom is 0.191 e. The molecule has 0 heterocycles. The average Bonchev–Trinajstić information content (AvgIpc) is 2.76. The van der Waals surface area contributed by atoms with Crippen LogP contribution >= 0.6 is 24.4 Å². The number of nitrogens with one attached hydrogen (secondary N) is 4. The summed E-state index contributed by atoms with van der Waals surface area (Å²) in [6.07, 6.45) is 3.98. The lowest BCUT2D eigenvalue weighted by Gasteiger charge is -2.08. The zero-order valence-corrected chi connectivity index (χ0v) is 18.6. The molecule has 0 fully saturated rings. The maximum absolute atomic E-state index is 9.32. The van der Waals surface area contributed by atoms with Crippen LogP contribution in [0, 0.1) is 0 Å². The van der Waals surface area contributed by atoms with Crippen molar-refractivity contribution in [2.45, 2.75) is 13.8 Å². The van der Waals surface area contributed by atoms with Crippen LogP contribution in [0.5, 0.6) is 5.75 Å². The number of thiocarbonyl (C=S) groups is 2. The van der Waals surface area contributed by atoms with Crippen LogP contribution in [0.3, 0.4) is 0 Å². The number of aromatic hydroxyl groups is 1. The number of hydrogen-bond donors (Lipinski definition) is 5. The Morgan fingerprint density at radius 2 is 1.27 bits per heavy atom. The van der Waals surface area contributed by atoms with E-state index in [-0.39, 0.29) is 5.75 Å². The molecule has 5 N–H and O–H groups in total. The van der Waals surface area contributed by atoms with Gasteiger partial charge in [0.25, 0.3) is 0 Å². The summed E-state index contributed by atoms with van der Waals surface area (Å²) in [4.78, 5) is 0. The first kappa shape index (κ1) is 23.0. The van der Waals surface area contributed by atoms with Crippen LogP contribution < -0.4 is 21.5 Å². The lowest BCUT2D eigenvalue weighted by atomic mass is 10.1. The number of phenols is 1. The van der Waals surface area contributed by atoms with Crippen LogP contribution in [-0.4, -0.2) is 33.8 Å². The summed E-state index contributed by atoms with van der Waals surface area (Å²) in [5.41, 5.74) is 9.73. The monoisotopic (exact) mass is 440 g/mol. The third kappa shape index (κ3) is 7.98. The predicted octanol–water partition coefficient (Wildman–Crippen LogP) is 3.69. The molecule has 0 amide bonds. The normalized spacial score (nSPS) is 11.8. The third-order valence-corrected chi connectivity index (χ3v) is 4.42. The first-order chi connectivity index (χ1) is 14.4. The summed E-state index contributed by atoms with van der Waals surface area (Å²) >= 11 is 10.2. The SMILES string of the molecule is CNC(=S)N/N=C(C)/C(C)=N/NC(=S)Nc1ccc(/C=C/c2ccc(O)cc2)cc1. The number of anilines is 1. The van der Waals surface area contributed by atoms with Crippen molar-refractivity contribution in [3.63, 3.8) is 0 Å². The summed E-state index contributed by atoms with van der Waals surface area (Å²) < 4.78 is 0. The van der Waals surface area contributed by atoms with Gasteiger partial charge in [0.2, 0.25) is 0 Å². The van der Waals surface area contributed by atoms with E-state index in [1.54, 1.807) is 19.2 Å². The molecule has 0 aliphatic heterocycles. The Kier molecular flexibility index (Phi) is 8.92. The summed E-state index contributed by atoms with van der Waals surface area (Å²) in [5.74, 6) is 0.253. The minimum absolute atomic E-state index is 0.253. The van der Waals surface area contributed by atoms with Crippen LogP contribution in [0.25, 0.3) is 12.2 Å². The van der Waals surface area contributed by atoms with Gasteiger partial charge in [-0.2, -0.15) is 10.2 Å². The van der Waals surface area contributed by atoms with E-state index >= 15 is 0 Å². The van der Waals surface area contributed by atoms with Crippen molar-refractivity contribution in [3.05, 3.63) is 59.7 Å². The molecule has 7 nitrogen and oxygen atoms in total. The summed E-state index contributed by atoms with van der Waals surface area (Å²) in [6.45, 7) is 3.63. The molecule has 0 saturated carbocycles. The van der Waals surface area contributed by atoms with Crippen molar-refractivity contribution < 1.29 is 5.11 Å². The Bertz CT molecular complexity index is 966. The highest BCUT2D eigenvalue weighted by molar-refractivity contribution is 7.80. The molecule has 0 bridgehead atoms. The number of hydrazone groups is 2. The highest BCUT2D eigenvalue weighted by Crippen LogP contribution is 2.15. The summed E-state index contributed by atoms with van der Waals surface area (Å²) in [5, 5.41) is 24.3. The molecule has 0 radical (unpaired) electrons. The van der Waals surface area contributed by atoms with Crippen molar-refractivity contribution in [2.24, 2.45) is 10.2 Å². The van der Waals surface area contributed by atoms with E-state index in [9.17, 15) is 5.11 Å². The molecule has 0 atom stereocenters. The van der Waals surface area contributed by atoms with Gasteiger partial charge in [-0.25, -0.2) is 0 Å². The zero-order valence-electron chi connectivity index (χ0n) is 16.9. The molecule has 0 saturated heterocycles. The van der Waals surface area contributed by atoms with Gasteiger partial charge in [-0.3, -0.25) is 10.9 Å². The van der Waals surface area contributed by atoms with Crippen LogP contribution in [0.15, 0.2) is 58.7 Å². The molecular weight excluding hydrogens is 416 g/mol. The van der Waals surface area contributed by atoms with Gasteiger partial charge < -0.3 is 15.7 Å². The molecule has 2 aromatic rings. The molecule has 0 aromatic heterocycles. The lowest BCUT2D eigenvalue weighted by molar-refractivity contribution is 0.475. The Morgan fingerprint density at radius 1 is 0.800 bits per heavy atom. The largest absolute Gasteiger partial charge is 0.508 e. The second-order valence-electron chi connectivity index (χ2n) is 6.20. The number of hydrogen-bond acceptors (Lipinski definition) is 5. The molecule has 9 heteroatoms. The summed E-state index contributed by atoms with van der Waals surface area (Å²) in [7, 11) is 1.71. The number of nitrogens with zero attached hydrogens (tertiary/aromatic N) is 2. The Labute approximate surface area is 187 Å². The van der Waals surface area contributed by atoms with E-state index in [0.29, 0.717) is 21.6 Å². The highest BCUT2D eigenvalue weighted by Gasteiger charge is 2.00. The number of phenolic OH excluding ortho intramolecular Hbond substituents is 1. The Hall–Kier alpha value is -3.30. The lowest BCUT2D eigenvalue weighted by Crippen LogP contribution is -2.30. The van der Waals surface area contributed by atoms with Gasteiger partial charge >= 0.3 is 0 Å². The highest BCUT2D eigenvalue weighted by atomic mass is 32.1. The van der Waals surface area contributed by atoms with Gasteiger partial charge in [0.05, 0.1) is 11.4 Å². The van der Waals surface area contributed by atoms with Gasteiger partial charge in [0, 0.05) is 12.7 Å². The van der Waals surface area contributed by atoms with E-state index in [2.05, 4.69) is 31.7 Å². The first-order valence-electron chi connectivity index (χ1n) is 9.08. The standard InChI is InChI=1S/C21H24N6OS2/c1-14(24-26-20(29)22-3)15(2)25-27-21(30)23-18-10-6-16(7-11-18)4-5-17-8-12-19(28)13-9-17/h4-13,28H,1-3H3,(H2,22,26,29)(H2,23,27,30)/b5-4+,24-14+,25-15+. The third-order valence-electron chi connectivity index (χ3n) is 3.93. The molecule has 0 unspecified atom stereocenters. The van der Waals surface area contributed by atoms with E-state index in [1.807, 2.05) is 62.4 Å². The van der Waals surface area contributed by atoms with E-state index in [4.69, 9.17) is 24.4 Å². The molecule has 2 rings (SSSR count). The molecule has 0 aliphatic carbocycles. The Balaban J connectivity index is 1.88. The smallest absolute Gasteiger partial charge is 0.191 e. The molecule has 2 aromatic carbocycles. The van der Waals surface area contributed by atoms with Gasteiger partial charge in [-0.05, 0) is 73.7 Å². The minimum atomic E-state index is 0.253. The van der Waals surface area contributed by atoms with E-state index < -0.39 is 0 Å². The first-order valence-corrected chi connectivity index (χ1v) is 9.90. The number of rotatable bonds is 6. The van der Waals surface area contributed by atoms with E-state index in [0.717, 1.165) is 16.8 Å². The van der Waals surface area contributed by atoms with Crippen LogP contribution in [0.2, 0.25) is 0 Å². The topological polar surface area (TPSA) is 93.1 Å². The molecule has 30 heavy (non-hydrogen) atoms. The van der Waals surface area contributed by atoms with Gasteiger partial charge in [0.1, 0.15) is 5.75 Å². The van der Waals surface area contributed by atoms with Crippen molar-refractivity contribution >= 4 is 63.9 Å². The maximum atomic E-state index is 9.32. The fourth-order valence-corrected chi connectivity index (χ4v) is 2.31. The molecule has 0 spiro atoms. The average molecular weight is 441 g/mol. The predicted molar refractivity (Wildman–Crippen MR) is 134 cm³/mol. The molecular formula is C21H24N6OS2. The minimum Gasteiger partial charge on any atom is -0.508 e. The molecule has 0 aliphatic rings. The van der Waals surface area contributed by atoms with Gasteiger partial charge in [-0.15, -0.1) is 0 Å². The second-order valence-corrected chi connectivity index (χ2v) is 7.01. The second kappa shape index (κ2) is 11.6. The molecule has 156 valence electrons. The quantitative estimate of drug-likeness (QED) is 0.202. The van der Waals surface area contributed by atoms with Crippen molar-refractivity contribution in [2.75, 3.05) is 12.4 Å². The van der Waals surface area contributed by atoms with Crippen molar-refractivity contribution in [1.82, 2.24) is 16.2 Å².